The average Bonchev–Trinajstić information content (AvgIpc) is 2.00. The van der Waals surface area contributed by atoms with E-state index in [-0.39, 0.29) is 9.79 Å². The van der Waals surface area contributed by atoms with Crippen molar-refractivity contribution in [2.75, 3.05) is 6.26 Å². The number of hydrogen-bond donors (Lipinski definition) is 1. The third kappa shape index (κ3) is 2.77. The van der Waals surface area contributed by atoms with E-state index >= 15 is 0 Å². The fourth-order valence-corrected chi connectivity index (χ4v) is 2.56. The molecule has 84 valence electrons. The highest BCUT2D eigenvalue weighted by Gasteiger charge is 2.16. The molecule has 0 aliphatic rings. The SMILES string of the molecule is Cc1ccc(S(C)(=O)=O)cc1S(=O)(=O)O. The first kappa shape index (κ1) is 12.2. The number of rotatable bonds is 2. The van der Waals surface area contributed by atoms with Crippen LogP contribution >= 0.6 is 0 Å². The van der Waals surface area contributed by atoms with Gasteiger partial charge < -0.3 is 0 Å². The highest BCUT2D eigenvalue weighted by molar-refractivity contribution is 7.90. The quantitative estimate of drug-likeness (QED) is 0.778. The van der Waals surface area contributed by atoms with Crippen molar-refractivity contribution in [1.82, 2.24) is 0 Å². The van der Waals surface area contributed by atoms with Gasteiger partial charge in [-0.1, -0.05) is 6.07 Å². The predicted octanol–water partition coefficient (Wildman–Crippen LogP) is 0.645. The fraction of sp³-hybridized carbons (Fsp3) is 0.250. The molecule has 1 rings (SSSR count). The van der Waals surface area contributed by atoms with Gasteiger partial charge in [-0.05, 0) is 24.6 Å². The number of sulfone groups is 1. The first-order chi connectivity index (χ1) is 6.62. The Labute approximate surface area is 88.4 Å². The zero-order valence-corrected chi connectivity index (χ0v) is 9.76. The van der Waals surface area contributed by atoms with Gasteiger partial charge in [0.2, 0.25) is 0 Å². The van der Waals surface area contributed by atoms with Gasteiger partial charge in [0.15, 0.2) is 9.84 Å². The minimum absolute atomic E-state index is 0.138. The molecule has 1 N–H and O–H groups in total. The monoisotopic (exact) mass is 250 g/mol. The Hall–Kier alpha value is -0.920. The molecule has 7 heteroatoms. The largest absolute Gasteiger partial charge is 0.294 e. The van der Waals surface area contributed by atoms with Crippen LogP contribution in [-0.2, 0) is 20.0 Å². The molecule has 15 heavy (non-hydrogen) atoms. The number of benzene rings is 1. The Bertz CT molecular complexity index is 583. The van der Waals surface area contributed by atoms with E-state index in [1.165, 1.54) is 19.1 Å². The summed E-state index contributed by atoms with van der Waals surface area (Å²) in [5.41, 5.74) is 0.296. The van der Waals surface area contributed by atoms with Gasteiger partial charge in [-0.3, -0.25) is 4.55 Å². The van der Waals surface area contributed by atoms with Gasteiger partial charge >= 0.3 is 0 Å². The highest BCUT2D eigenvalue weighted by Crippen LogP contribution is 2.19. The fourth-order valence-electron chi connectivity index (χ4n) is 1.09. The van der Waals surface area contributed by atoms with E-state index in [4.69, 9.17) is 4.55 Å². The minimum atomic E-state index is -4.38. The van der Waals surface area contributed by atoms with Crippen molar-refractivity contribution >= 4 is 20.0 Å². The van der Waals surface area contributed by atoms with Crippen LogP contribution in [0.15, 0.2) is 28.0 Å². The summed E-state index contributed by atoms with van der Waals surface area (Å²) in [5.74, 6) is 0. The van der Waals surface area contributed by atoms with Crippen LogP contribution in [0.4, 0.5) is 0 Å². The minimum Gasteiger partial charge on any atom is -0.282 e. The van der Waals surface area contributed by atoms with Gasteiger partial charge in [0.1, 0.15) is 0 Å². The lowest BCUT2D eigenvalue weighted by Crippen LogP contribution is -2.04. The molecule has 0 radical (unpaired) electrons. The molecule has 1 aromatic carbocycles. The standard InChI is InChI=1S/C8H10O5S2/c1-6-3-4-7(14(2,9)10)5-8(6)15(11,12)13/h3-5H,1-2H3,(H,11,12,13). The van der Waals surface area contributed by atoms with Crippen molar-refractivity contribution < 1.29 is 21.4 Å². The summed E-state index contributed by atoms with van der Waals surface area (Å²) in [6.45, 7) is 1.47. The molecule has 5 nitrogen and oxygen atoms in total. The predicted molar refractivity (Wildman–Crippen MR) is 54.1 cm³/mol. The van der Waals surface area contributed by atoms with E-state index in [1.807, 2.05) is 0 Å². The summed E-state index contributed by atoms with van der Waals surface area (Å²) in [6.07, 6.45) is 0.964. The zero-order chi connectivity index (χ0) is 11.9. The van der Waals surface area contributed by atoms with E-state index in [0.717, 1.165) is 12.3 Å². The molecule has 1 aromatic rings. The maximum atomic E-state index is 11.1. The molecule has 0 spiro atoms. The Balaban J connectivity index is 3.57. The Morgan fingerprint density at radius 1 is 1.13 bits per heavy atom. The van der Waals surface area contributed by atoms with Crippen LogP contribution < -0.4 is 0 Å². The molecular formula is C8H10O5S2. The van der Waals surface area contributed by atoms with Crippen molar-refractivity contribution in [3.05, 3.63) is 23.8 Å². The summed E-state index contributed by atoms with van der Waals surface area (Å²) < 4.78 is 52.9. The van der Waals surface area contributed by atoms with E-state index in [1.54, 1.807) is 0 Å². The lowest BCUT2D eigenvalue weighted by Gasteiger charge is -2.04. The smallest absolute Gasteiger partial charge is 0.282 e. The van der Waals surface area contributed by atoms with E-state index in [2.05, 4.69) is 0 Å². The summed E-state index contributed by atoms with van der Waals surface area (Å²) in [5, 5.41) is 0. The zero-order valence-electron chi connectivity index (χ0n) is 8.13. The molecule has 0 bridgehead atoms. The molecule has 0 aliphatic heterocycles. The van der Waals surface area contributed by atoms with E-state index < -0.39 is 20.0 Å². The van der Waals surface area contributed by atoms with Crippen LogP contribution in [0.25, 0.3) is 0 Å². The summed E-state index contributed by atoms with van der Waals surface area (Å²) in [7, 11) is -7.86. The second-order valence-corrected chi connectivity index (χ2v) is 6.58. The maximum Gasteiger partial charge on any atom is 0.294 e. The molecule has 0 amide bonds. The van der Waals surface area contributed by atoms with Crippen LogP contribution in [0.2, 0.25) is 0 Å². The Morgan fingerprint density at radius 3 is 2.07 bits per heavy atom. The molecule has 0 saturated carbocycles. The molecule has 0 aromatic heterocycles. The molecule has 0 heterocycles. The van der Waals surface area contributed by atoms with Gasteiger partial charge in [0.05, 0.1) is 9.79 Å². The topological polar surface area (TPSA) is 88.5 Å². The molecule has 0 saturated heterocycles. The second-order valence-electron chi connectivity index (χ2n) is 3.17. The third-order valence-electron chi connectivity index (χ3n) is 1.87. The third-order valence-corrected chi connectivity index (χ3v) is 3.97. The maximum absolute atomic E-state index is 11.1. The van der Waals surface area contributed by atoms with E-state index in [0.29, 0.717) is 5.56 Å². The first-order valence-corrected chi connectivity index (χ1v) is 7.24. The molecule has 0 atom stereocenters. The summed E-state index contributed by atoms with van der Waals surface area (Å²) in [4.78, 5) is -0.522. The Kier molecular flexibility index (Phi) is 2.90. The van der Waals surface area contributed by atoms with Crippen LogP contribution in [-0.4, -0.2) is 27.6 Å². The van der Waals surface area contributed by atoms with Crippen molar-refractivity contribution in [3.8, 4) is 0 Å². The molecule has 0 aliphatic carbocycles. The van der Waals surface area contributed by atoms with Crippen molar-refractivity contribution in [2.24, 2.45) is 0 Å². The van der Waals surface area contributed by atoms with Crippen LogP contribution in [0, 0.1) is 6.92 Å². The summed E-state index contributed by atoms with van der Waals surface area (Å²) in [6, 6.07) is 3.57. The highest BCUT2D eigenvalue weighted by atomic mass is 32.2. The normalized spacial score (nSPS) is 12.7. The van der Waals surface area contributed by atoms with Crippen molar-refractivity contribution in [1.29, 1.82) is 0 Å². The van der Waals surface area contributed by atoms with Gasteiger partial charge in [-0.25, -0.2) is 8.42 Å². The van der Waals surface area contributed by atoms with Gasteiger partial charge in [0.25, 0.3) is 10.1 Å². The lowest BCUT2D eigenvalue weighted by atomic mass is 10.2. The number of aryl methyl sites for hydroxylation is 1. The van der Waals surface area contributed by atoms with Gasteiger partial charge in [0, 0.05) is 6.26 Å². The van der Waals surface area contributed by atoms with Gasteiger partial charge in [-0.15, -0.1) is 0 Å². The van der Waals surface area contributed by atoms with Crippen LogP contribution in [0.3, 0.4) is 0 Å². The van der Waals surface area contributed by atoms with Crippen LogP contribution in [0.1, 0.15) is 5.56 Å². The molecular weight excluding hydrogens is 240 g/mol. The van der Waals surface area contributed by atoms with Gasteiger partial charge in [-0.2, -0.15) is 8.42 Å². The number of hydrogen-bond acceptors (Lipinski definition) is 4. The van der Waals surface area contributed by atoms with Crippen molar-refractivity contribution in [2.45, 2.75) is 16.7 Å². The summed E-state index contributed by atoms with van der Waals surface area (Å²) >= 11 is 0. The Morgan fingerprint density at radius 2 is 1.67 bits per heavy atom. The average molecular weight is 250 g/mol. The van der Waals surface area contributed by atoms with Crippen LogP contribution in [0.5, 0.6) is 0 Å². The van der Waals surface area contributed by atoms with Crippen molar-refractivity contribution in [3.63, 3.8) is 0 Å². The van der Waals surface area contributed by atoms with E-state index in [9.17, 15) is 16.8 Å². The molecule has 0 unspecified atom stereocenters. The lowest BCUT2D eigenvalue weighted by molar-refractivity contribution is 0.482. The molecule has 0 fully saturated rings. The first-order valence-electron chi connectivity index (χ1n) is 3.90. The second kappa shape index (κ2) is 3.58.